The highest BCUT2D eigenvalue weighted by Crippen LogP contribution is 2.41. The van der Waals surface area contributed by atoms with E-state index in [-0.39, 0.29) is 18.3 Å². The molecule has 0 radical (unpaired) electrons. The largest absolute Gasteiger partial charge is 0.495 e. The van der Waals surface area contributed by atoms with E-state index in [1.165, 1.54) is 17.8 Å². The van der Waals surface area contributed by atoms with Gasteiger partial charge in [0, 0.05) is 5.56 Å². The molecule has 0 N–H and O–H groups in total. The van der Waals surface area contributed by atoms with Crippen LogP contribution < -0.4 is 19.1 Å². The Kier molecular flexibility index (Phi) is 7.94. The number of amides is 1. The molecule has 1 amide bonds. The average Bonchev–Trinajstić information content (AvgIpc) is 3.27. The molecule has 0 spiro atoms. The number of thioether (sulfide) groups is 1. The van der Waals surface area contributed by atoms with Crippen molar-refractivity contribution < 1.29 is 23.4 Å². The van der Waals surface area contributed by atoms with Crippen LogP contribution in [-0.2, 0) is 11.4 Å². The normalized spacial score (nSPS) is 15.2. The molecule has 0 saturated carbocycles. The average molecular weight is 541 g/mol. The molecular formula is C31H25FN2O4S. The maximum atomic E-state index is 13.9. The summed E-state index contributed by atoms with van der Waals surface area (Å²) < 4.78 is 30.6. The predicted octanol–water partition coefficient (Wildman–Crippen LogP) is 7.23. The molecule has 0 aliphatic carbocycles. The van der Waals surface area contributed by atoms with Gasteiger partial charge in [0.05, 0.1) is 24.8 Å². The lowest BCUT2D eigenvalue weighted by atomic mass is 10.2. The molecule has 0 bridgehead atoms. The third-order valence-electron chi connectivity index (χ3n) is 5.96. The van der Waals surface area contributed by atoms with E-state index >= 15 is 0 Å². The number of nitrogens with zero attached hydrogens (tertiary/aromatic N) is 2. The number of benzene rings is 4. The van der Waals surface area contributed by atoms with Gasteiger partial charge in [-0.25, -0.2) is 9.38 Å². The van der Waals surface area contributed by atoms with E-state index in [0.29, 0.717) is 44.3 Å². The van der Waals surface area contributed by atoms with Gasteiger partial charge in [-0.05, 0) is 65.9 Å². The van der Waals surface area contributed by atoms with Crippen LogP contribution in [0.15, 0.2) is 107 Å². The minimum Gasteiger partial charge on any atom is -0.495 e. The van der Waals surface area contributed by atoms with Crippen LogP contribution in [0.25, 0.3) is 6.08 Å². The fourth-order valence-corrected chi connectivity index (χ4v) is 4.98. The number of ether oxygens (including phenoxy) is 3. The second-order valence-electron chi connectivity index (χ2n) is 8.44. The summed E-state index contributed by atoms with van der Waals surface area (Å²) in [5.74, 6) is 1.22. The topological polar surface area (TPSA) is 60.4 Å². The van der Waals surface area contributed by atoms with Crippen molar-refractivity contribution in [1.29, 1.82) is 0 Å². The summed E-state index contributed by atoms with van der Waals surface area (Å²) >= 11 is 1.27. The molecule has 4 aromatic rings. The van der Waals surface area contributed by atoms with E-state index in [2.05, 4.69) is 0 Å². The first-order valence-electron chi connectivity index (χ1n) is 12.1. The van der Waals surface area contributed by atoms with Crippen molar-refractivity contribution in [2.24, 2.45) is 4.99 Å². The molecule has 4 aromatic carbocycles. The summed E-state index contributed by atoms with van der Waals surface area (Å²) in [6, 6.07) is 28.5. The number of aliphatic imine (C=N–C) groups is 1. The molecule has 1 fully saturated rings. The Morgan fingerprint density at radius 3 is 2.26 bits per heavy atom. The lowest BCUT2D eigenvalue weighted by Gasteiger charge is -2.18. The first kappa shape index (κ1) is 26.1. The molecule has 5 rings (SSSR count). The van der Waals surface area contributed by atoms with E-state index in [9.17, 15) is 9.18 Å². The van der Waals surface area contributed by atoms with Gasteiger partial charge in [-0.2, -0.15) is 0 Å². The zero-order valence-electron chi connectivity index (χ0n) is 21.3. The maximum absolute atomic E-state index is 13.9. The van der Waals surface area contributed by atoms with Gasteiger partial charge in [-0.15, -0.1) is 0 Å². The molecule has 0 unspecified atom stereocenters. The van der Waals surface area contributed by atoms with E-state index < -0.39 is 0 Å². The fraction of sp³-hybridized carbons (Fsp3) is 0.0968. The summed E-state index contributed by atoms with van der Waals surface area (Å²) in [6.07, 6.45) is 1.81. The Morgan fingerprint density at radius 2 is 1.51 bits per heavy atom. The number of para-hydroxylation sites is 4. The second-order valence-corrected chi connectivity index (χ2v) is 9.45. The van der Waals surface area contributed by atoms with E-state index in [0.717, 1.165) is 5.56 Å². The van der Waals surface area contributed by atoms with Crippen molar-refractivity contribution in [3.05, 3.63) is 119 Å². The van der Waals surface area contributed by atoms with Crippen LogP contribution in [-0.4, -0.2) is 25.3 Å². The van der Waals surface area contributed by atoms with Crippen molar-refractivity contribution in [3.63, 3.8) is 0 Å². The van der Waals surface area contributed by atoms with Crippen LogP contribution in [0.4, 0.5) is 15.8 Å². The molecule has 39 heavy (non-hydrogen) atoms. The predicted molar refractivity (Wildman–Crippen MR) is 153 cm³/mol. The van der Waals surface area contributed by atoms with Crippen LogP contribution in [0, 0.1) is 5.82 Å². The maximum Gasteiger partial charge on any atom is 0.271 e. The fourth-order valence-electron chi connectivity index (χ4n) is 3.99. The summed E-state index contributed by atoms with van der Waals surface area (Å²) in [4.78, 5) is 20.5. The van der Waals surface area contributed by atoms with Gasteiger partial charge in [0.25, 0.3) is 5.91 Å². The van der Waals surface area contributed by atoms with E-state index in [1.807, 2.05) is 54.6 Å². The Hall–Kier alpha value is -4.56. The lowest BCUT2D eigenvalue weighted by Crippen LogP contribution is -2.29. The summed E-state index contributed by atoms with van der Waals surface area (Å²) in [5.41, 5.74) is 2.48. The first-order valence-corrected chi connectivity index (χ1v) is 12.9. The van der Waals surface area contributed by atoms with Crippen molar-refractivity contribution in [2.45, 2.75) is 6.61 Å². The van der Waals surface area contributed by atoms with Gasteiger partial charge in [-0.1, -0.05) is 54.6 Å². The third-order valence-corrected chi connectivity index (χ3v) is 6.93. The molecule has 1 aliphatic rings. The number of rotatable bonds is 8. The monoisotopic (exact) mass is 540 g/mol. The molecule has 0 aromatic heterocycles. The highest BCUT2D eigenvalue weighted by atomic mass is 32.2. The van der Waals surface area contributed by atoms with E-state index in [4.69, 9.17) is 19.2 Å². The second kappa shape index (κ2) is 11.9. The molecule has 1 heterocycles. The molecule has 1 aliphatic heterocycles. The molecule has 0 atom stereocenters. The van der Waals surface area contributed by atoms with Gasteiger partial charge in [-0.3, -0.25) is 9.69 Å². The first-order chi connectivity index (χ1) is 19.1. The number of amidine groups is 1. The molecular weight excluding hydrogens is 515 g/mol. The van der Waals surface area contributed by atoms with Gasteiger partial charge in [0.15, 0.2) is 5.17 Å². The van der Waals surface area contributed by atoms with Gasteiger partial charge in [0.2, 0.25) is 0 Å². The van der Waals surface area contributed by atoms with Crippen LogP contribution in [0.1, 0.15) is 11.1 Å². The molecule has 6 nitrogen and oxygen atoms in total. The minimum absolute atomic E-state index is 0.123. The number of hydrogen-bond acceptors (Lipinski definition) is 6. The lowest BCUT2D eigenvalue weighted by molar-refractivity contribution is -0.113. The Morgan fingerprint density at radius 1 is 0.846 bits per heavy atom. The molecule has 8 heteroatoms. The van der Waals surface area contributed by atoms with Crippen molar-refractivity contribution in [2.75, 3.05) is 19.1 Å². The molecule has 196 valence electrons. The standard InChI is InChI=1S/C31H25FN2O4S/c1-36-27-13-7-5-11-25(27)33-31-34(26-12-6-8-14-28(26)37-2)30(35)29(39-31)19-21-15-17-23(18-16-21)38-20-22-9-3-4-10-24(22)32/h3-19H,20H2,1-2H3. The Balaban J connectivity index is 1.44. The number of anilines is 1. The number of carbonyl (C=O) groups excluding carboxylic acids is 1. The zero-order chi connectivity index (χ0) is 27.2. The zero-order valence-corrected chi connectivity index (χ0v) is 22.2. The van der Waals surface area contributed by atoms with Crippen molar-refractivity contribution in [3.8, 4) is 17.2 Å². The van der Waals surface area contributed by atoms with Crippen LogP contribution in [0.2, 0.25) is 0 Å². The quantitative estimate of drug-likeness (QED) is 0.221. The summed E-state index contributed by atoms with van der Waals surface area (Å²) in [5, 5.41) is 0.477. The summed E-state index contributed by atoms with van der Waals surface area (Å²) in [7, 11) is 3.15. The number of methoxy groups -OCH3 is 2. The highest BCUT2D eigenvalue weighted by molar-refractivity contribution is 8.19. The Bertz CT molecular complexity index is 1550. The number of carbonyl (C=O) groups is 1. The number of hydrogen-bond donors (Lipinski definition) is 0. The van der Waals surface area contributed by atoms with Crippen molar-refractivity contribution in [1.82, 2.24) is 0 Å². The van der Waals surface area contributed by atoms with Crippen LogP contribution >= 0.6 is 11.8 Å². The smallest absolute Gasteiger partial charge is 0.271 e. The highest BCUT2D eigenvalue weighted by Gasteiger charge is 2.36. The molecule has 1 saturated heterocycles. The van der Waals surface area contributed by atoms with Crippen LogP contribution in [0.3, 0.4) is 0 Å². The third kappa shape index (κ3) is 5.81. The minimum atomic E-state index is -0.305. The Labute approximate surface area is 230 Å². The van der Waals surface area contributed by atoms with Gasteiger partial charge < -0.3 is 14.2 Å². The van der Waals surface area contributed by atoms with Crippen molar-refractivity contribution >= 4 is 40.3 Å². The summed E-state index contributed by atoms with van der Waals surface area (Å²) in [6.45, 7) is 0.123. The van der Waals surface area contributed by atoms with Gasteiger partial charge >= 0.3 is 0 Å². The number of halogens is 1. The van der Waals surface area contributed by atoms with Gasteiger partial charge in [0.1, 0.15) is 35.4 Å². The van der Waals surface area contributed by atoms with E-state index in [1.54, 1.807) is 61.6 Å². The SMILES string of the molecule is COc1ccccc1N=C1SC(=Cc2ccc(OCc3ccccc3F)cc2)C(=O)N1c1ccccc1OC. The van der Waals surface area contributed by atoms with Crippen LogP contribution in [0.5, 0.6) is 17.2 Å².